The second-order valence-electron chi connectivity index (χ2n) is 10.5. The highest BCUT2D eigenvalue weighted by Crippen LogP contribution is 2.34. The van der Waals surface area contributed by atoms with E-state index in [0.717, 1.165) is 22.4 Å². The van der Waals surface area contributed by atoms with Crippen molar-refractivity contribution in [3.8, 4) is 11.4 Å². The molecule has 0 aliphatic carbocycles. The van der Waals surface area contributed by atoms with Gasteiger partial charge in [0.05, 0.1) is 17.1 Å². The largest absolute Gasteiger partial charge is 0.573 e. The molecular formula is C30H29F3N8O3S. The summed E-state index contributed by atoms with van der Waals surface area (Å²) in [5, 5.41) is 7.34. The lowest BCUT2D eigenvalue weighted by Gasteiger charge is -2.22. The predicted molar refractivity (Wildman–Crippen MR) is 166 cm³/mol. The van der Waals surface area contributed by atoms with Crippen LogP contribution in [0.2, 0.25) is 0 Å². The van der Waals surface area contributed by atoms with E-state index in [-0.39, 0.29) is 29.1 Å². The Kier molecular flexibility index (Phi) is 9.09. The van der Waals surface area contributed by atoms with E-state index in [1.807, 2.05) is 39.0 Å². The maximum Gasteiger partial charge on any atom is 0.573 e. The number of ether oxygens (including phenoxy) is 1. The maximum absolute atomic E-state index is 12.8. The van der Waals surface area contributed by atoms with Gasteiger partial charge in [-0.15, -0.1) is 18.3 Å². The van der Waals surface area contributed by atoms with Gasteiger partial charge in [0.2, 0.25) is 11.9 Å². The Hall–Kier alpha value is -4.92. The third-order valence-corrected chi connectivity index (χ3v) is 7.57. The Morgan fingerprint density at radius 2 is 1.89 bits per heavy atom. The maximum atomic E-state index is 12.8. The van der Waals surface area contributed by atoms with Crippen molar-refractivity contribution in [3.05, 3.63) is 83.8 Å². The normalized spacial score (nSPS) is 14.4. The fourth-order valence-electron chi connectivity index (χ4n) is 4.53. The molecule has 4 aromatic rings. The van der Waals surface area contributed by atoms with E-state index in [4.69, 9.17) is 0 Å². The minimum atomic E-state index is -4.77. The third kappa shape index (κ3) is 7.78. The molecule has 0 atom stereocenters. The number of halogens is 3. The van der Waals surface area contributed by atoms with Crippen LogP contribution in [0.5, 0.6) is 5.75 Å². The summed E-state index contributed by atoms with van der Waals surface area (Å²) in [5.41, 5.74) is 4.02. The van der Waals surface area contributed by atoms with Gasteiger partial charge in [-0.05, 0) is 65.9 Å². The van der Waals surface area contributed by atoms with Gasteiger partial charge in [-0.2, -0.15) is 9.98 Å². The summed E-state index contributed by atoms with van der Waals surface area (Å²) >= 11 is 1.21. The molecule has 1 N–H and O–H groups in total. The van der Waals surface area contributed by atoms with Gasteiger partial charge in [0.1, 0.15) is 17.9 Å². The van der Waals surface area contributed by atoms with Crippen molar-refractivity contribution in [1.29, 1.82) is 0 Å². The zero-order valence-corrected chi connectivity index (χ0v) is 25.6. The van der Waals surface area contributed by atoms with Gasteiger partial charge in [0.15, 0.2) is 5.17 Å². The van der Waals surface area contributed by atoms with E-state index >= 15 is 0 Å². The number of aliphatic imine (C=N–C) groups is 1. The third-order valence-electron chi connectivity index (χ3n) is 6.65. The lowest BCUT2D eigenvalue weighted by molar-refractivity contribution is -0.274. The van der Waals surface area contributed by atoms with Gasteiger partial charge >= 0.3 is 12.4 Å². The van der Waals surface area contributed by atoms with Crippen molar-refractivity contribution in [2.45, 2.75) is 39.6 Å². The van der Waals surface area contributed by atoms with Crippen LogP contribution in [0.15, 0.2) is 72.1 Å². The first-order chi connectivity index (χ1) is 21.4. The van der Waals surface area contributed by atoms with E-state index in [1.165, 1.54) is 51.9 Å². The molecule has 0 unspecified atom stereocenters. The smallest absolute Gasteiger partial charge is 0.406 e. The fourth-order valence-corrected chi connectivity index (χ4v) is 5.39. The zero-order valence-electron chi connectivity index (χ0n) is 24.7. The number of amidine groups is 1. The molecule has 1 saturated heterocycles. The number of hydrogen-bond acceptors (Lipinski definition) is 8. The number of rotatable bonds is 8. The van der Waals surface area contributed by atoms with Crippen LogP contribution < -0.4 is 19.9 Å². The summed E-state index contributed by atoms with van der Waals surface area (Å²) in [7, 11) is 1.77. The molecule has 2 aromatic carbocycles. The van der Waals surface area contributed by atoms with E-state index in [1.54, 1.807) is 30.3 Å². The second-order valence-corrected chi connectivity index (χ2v) is 11.4. The summed E-state index contributed by atoms with van der Waals surface area (Å²) in [6.07, 6.45) is -1.73. The molecule has 0 spiro atoms. The van der Waals surface area contributed by atoms with Crippen LogP contribution >= 0.6 is 11.8 Å². The van der Waals surface area contributed by atoms with Crippen LogP contribution in [0, 0.1) is 6.92 Å². The number of carbonyl (C=O) groups is 2. The van der Waals surface area contributed by atoms with Crippen molar-refractivity contribution in [2.75, 3.05) is 27.9 Å². The minimum absolute atomic E-state index is 0.140. The highest BCUT2D eigenvalue weighted by molar-refractivity contribution is 8.15. The molecule has 3 amide bonds. The standard InChI is InChI=1S/C30H29F3N8O3S/c1-18(2)23-11-5-19(3)13-24(23)41-26(42)16-45-29(41)37-28(43)36-25-12-6-20(14-34-25)15-39(4)27-35-17-40(38-27)21-7-9-22(10-8-21)44-30(31,32)33/h5-14,17-18H,15-16H2,1-4H3,(H,34,36,43)/b37-29-. The summed E-state index contributed by atoms with van der Waals surface area (Å²) in [5.74, 6) is 0.550. The number of thioether (sulfide) groups is 1. The van der Waals surface area contributed by atoms with Gasteiger partial charge in [-0.1, -0.05) is 43.8 Å². The number of nitrogens with zero attached hydrogens (tertiary/aromatic N) is 7. The Morgan fingerprint density at radius 1 is 1.13 bits per heavy atom. The van der Waals surface area contributed by atoms with Crippen molar-refractivity contribution in [2.24, 2.45) is 4.99 Å². The Balaban J connectivity index is 1.21. The van der Waals surface area contributed by atoms with E-state index in [9.17, 15) is 22.8 Å². The molecule has 11 nitrogen and oxygen atoms in total. The highest BCUT2D eigenvalue weighted by atomic mass is 32.2. The van der Waals surface area contributed by atoms with Crippen LogP contribution in [-0.4, -0.2) is 56.0 Å². The molecule has 234 valence electrons. The van der Waals surface area contributed by atoms with Gasteiger partial charge in [-0.25, -0.2) is 14.5 Å². The number of nitrogens with one attached hydrogen (secondary N) is 1. The molecule has 0 saturated carbocycles. The molecule has 0 bridgehead atoms. The number of aryl methyl sites for hydroxylation is 1. The van der Waals surface area contributed by atoms with Gasteiger partial charge in [-0.3, -0.25) is 15.0 Å². The quantitative estimate of drug-likeness (QED) is 0.239. The highest BCUT2D eigenvalue weighted by Gasteiger charge is 2.33. The average Bonchev–Trinajstić information content (AvgIpc) is 3.60. The molecule has 15 heteroatoms. The zero-order chi connectivity index (χ0) is 32.3. The van der Waals surface area contributed by atoms with Crippen molar-refractivity contribution in [1.82, 2.24) is 19.7 Å². The lowest BCUT2D eigenvalue weighted by atomic mass is 9.99. The number of alkyl halides is 3. The van der Waals surface area contributed by atoms with Gasteiger partial charge in [0, 0.05) is 19.8 Å². The van der Waals surface area contributed by atoms with Crippen LogP contribution in [-0.2, 0) is 11.3 Å². The number of carbonyl (C=O) groups excluding carboxylic acids is 2. The average molecular weight is 639 g/mol. The van der Waals surface area contributed by atoms with Crippen molar-refractivity contribution >= 4 is 46.3 Å². The molecule has 2 aromatic heterocycles. The molecule has 45 heavy (non-hydrogen) atoms. The van der Waals surface area contributed by atoms with Gasteiger partial charge < -0.3 is 9.64 Å². The number of hydrogen-bond donors (Lipinski definition) is 1. The Morgan fingerprint density at radius 3 is 2.56 bits per heavy atom. The van der Waals surface area contributed by atoms with Crippen molar-refractivity contribution in [3.63, 3.8) is 0 Å². The molecule has 0 radical (unpaired) electrons. The first-order valence-corrected chi connectivity index (χ1v) is 14.7. The van der Waals surface area contributed by atoms with Crippen LogP contribution in [0.25, 0.3) is 5.69 Å². The SMILES string of the molecule is Cc1ccc(C(C)C)c(N2C(=O)CS/C2=N\C(=O)Nc2ccc(CN(C)c3ncn(-c4ccc(OC(F)(F)F)cc4)n3)cn2)c1. The number of anilines is 3. The van der Waals surface area contributed by atoms with E-state index in [0.29, 0.717) is 23.3 Å². The first kappa shape index (κ1) is 31.5. The van der Waals surface area contributed by atoms with E-state index < -0.39 is 12.4 Å². The lowest BCUT2D eigenvalue weighted by Crippen LogP contribution is -2.31. The number of aromatic nitrogens is 4. The van der Waals surface area contributed by atoms with Crippen LogP contribution in [0.3, 0.4) is 0 Å². The number of benzene rings is 2. The molecule has 1 aliphatic heterocycles. The Bertz CT molecular complexity index is 1720. The number of amides is 3. The monoisotopic (exact) mass is 638 g/mol. The summed E-state index contributed by atoms with van der Waals surface area (Å²) < 4.78 is 42.6. The fraction of sp³-hybridized carbons (Fsp3) is 0.267. The first-order valence-electron chi connectivity index (χ1n) is 13.8. The molecule has 3 heterocycles. The molecule has 1 fully saturated rings. The number of urea groups is 1. The summed E-state index contributed by atoms with van der Waals surface area (Å²) in [6.45, 7) is 6.42. The molecular weight excluding hydrogens is 609 g/mol. The van der Waals surface area contributed by atoms with Crippen molar-refractivity contribution < 1.29 is 27.5 Å². The van der Waals surface area contributed by atoms with Crippen LogP contribution in [0.1, 0.15) is 36.5 Å². The van der Waals surface area contributed by atoms with E-state index in [2.05, 4.69) is 30.1 Å². The summed E-state index contributed by atoms with van der Waals surface area (Å²) in [4.78, 5) is 41.6. The van der Waals surface area contributed by atoms with Gasteiger partial charge in [0.25, 0.3) is 0 Å². The molecule has 5 rings (SSSR count). The second kappa shape index (κ2) is 13.0. The van der Waals surface area contributed by atoms with Crippen LogP contribution in [0.4, 0.5) is 35.4 Å². The number of pyridine rings is 1. The minimum Gasteiger partial charge on any atom is -0.406 e. The molecule has 1 aliphatic rings. The topological polar surface area (TPSA) is 118 Å². The Labute approximate surface area is 261 Å². The predicted octanol–water partition coefficient (Wildman–Crippen LogP) is 6.30. The summed E-state index contributed by atoms with van der Waals surface area (Å²) in [6, 6.07) is 14.0.